The first kappa shape index (κ1) is 21.1. The zero-order chi connectivity index (χ0) is 22.1. The van der Waals surface area contributed by atoms with E-state index in [0.717, 1.165) is 17.2 Å². The van der Waals surface area contributed by atoms with Crippen LogP contribution in [0.25, 0.3) is 0 Å². The molecule has 0 N–H and O–H groups in total. The van der Waals surface area contributed by atoms with Crippen molar-refractivity contribution < 1.29 is 23.0 Å². The lowest BCUT2D eigenvalue weighted by atomic mass is 9.87. The molecule has 160 valence electrons. The second-order valence-corrected chi connectivity index (χ2v) is 7.61. The zero-order valence-electron chi connectivity index (χ0n) is 17.0. The van der Waals surface area contributed by atoms with Crippen LogP contribution in [0.2, 0.25) is 5.02 Å². The van der Waals surface area contributed by atoms with Gasteiger partial charge in [-0.3, -0.25) is 4.79 Å². The first-order valence-corrected chi connectivity index (χ1v) is 10.1. The Labute approximate surface area is 184 Å². The summed E-state index contributed by atoms with van der Waals surface area (Å²) >= 11 is 6.51. The van der Waals surface area contributed by atoms with Gasteiger partial charge in [-0.25, -0.2) is 8.78 Å². The van der Waals surface area contributed by atoms with Gasteiger partial charge < -0.3 is 14.4 Å². The molecule has 7 heteroatoms. The van der Waals surface area contributed by atoms with Crippen LogP contribution in [0.3, 0.4) is 0 Å². The van der Waals surface area contributed by atoms with Crippen LogP contribution in [-0.2, 0) is 6.42 Å². The molecular weight excluding hydrogens is 424 g/mol. The fourth-order valence-electron chi connectivity index (χ4n) is 4.01. The van der Waals surface area contributed by atoms with E-state index >= 15 is 0 Å². The van der Waals surface area contributed by atoms with Gasteiger partial charge in [0, 0.05) is 17.6 Å². The Morgan fingerprint density at radius 1 is 1.00 bits per heavy atom. The zero-order valence-corrected chi connectivity index (χ0v) is 17.7. The van der Waals surface area contributed by atoms with E-state index in [1.807, 2.05) is 24.3 Å². The Kier molecular flexibility index (Phi) is 5.83. The number of hydrogen-bond donors (Lipinski definition) is 0. The van der Waals surface area contributed by atoms with Gasteiger partial charge in [-0.2, -0.15) is 0 Å². The highest BCUT2D eigenvalue weighted by Gasteiger charge is 2.35. The van der Waals surface area contributed by atoms with Crippen LogP contribution in [0.5, 0.6) is 11.5 Å². The molecule has 1 heterocycles. The molecule has 4 nitrogen and oxygen atoms in total. The topological polar surface area (TPSA) is 38.8 Å². The second kappa shape index (κ2) is 8.55. The molecule has 1 amide bonds. The van der Waals surface area contributed by atoms with Crippen molar-refractivity contribution in [2.45, 2.75) is 12.5 Å². The van der Waals surface area contributed by atoms with Crippen LogP contribution in [0.1, 0.15) is 33.1 Å². The van der Waals surface area contributed by atoms with E-state index < -0.39 is 23.6 Å². The summed E-state index contributed by atoms with van der Waals surface area (Å²) in [5, 5.41) is 0.479. The number of amides is 1. The van der Waals surface area contributed by atoms with Gasteiger partial charge in [0.2, 0.25) is 0 Å². The average Bonchev–Trinajstić information content (AvgIpc) is 2.77. The van der Waals surface area contributed by atoms with Crippen molar-refractivity contribution in [3.8, 4) is 11.5 Å². The van der Waals surface area contributed by atoms with Crippen LogP contribution in [0, 0.1) is 11.6 Å². The molecule has 3 aromatic rings. The third-order valence-corrected chi connectivity index (χ3v) is 5.84. The average molecular weight is 444 g/mol. The van der Waals surface area contributed by atoms with Crippen molar-refractivity contribution >= 4 is 17.5 Å². The van der Waals surface area contributed by atoms with Crippen molar-refractivity contribution in [1.82, 2.24) is 4.90 Å². The molecule has 0 radical (unpaired) electrons. The number of hydrogen-bond acceptors (Lipinski definition) is 3. The van der Waals surface area contributed by atoms with Gasteiger partial charge in [0.25, 0.3) is 5.91 Å². The summed E-state index contributed by atoms with van der Waals surface area (Å²) in [7, 11) is 3.10. The molecule has 0 fully saturated rings. The lowest BCUT2D eigenvalue weighted by Gasteiger charge is -2.38. The molecule has 0 bridgehead atoms. The van der Waals surface area contributed by atoms with E-state index in [9.17, 15) is 13.6 Å². The standard InChI is InChI=1S/C24H20ClF2NO3/c1-30-21-11-14-9-10-28(24(29)17-8-7-15(26)12-20(17)27)23(18(14)13-22(21)31-2)16-5-3-4-6-19(16)25/h3-8,11-13,23H,9-10H2,1-2H3/t23-/m1/s1. The van der Waals surface area contributed by atoms with Gasteiger partial charge >= 0.3 is 0 Å². The van der Waals surface area contributed by atoms with Crippen LogP contribution in [0.4, 0.5) is 8.78 Å². The van der Waals surface area contributed by atoms with Gasteiger partial charge in [0.05, 0.1) is 25.8 Å². The number of ether oxygens (including phenoxy) is 2. The van der Waals surface area contributed by atoms with Crippen LogP contribution in [0.15, 0.2) is 54.6 Å². The maximum absolute atomic E-state index is 14.4. The Balaban J connectivity index is 1.88. The minimum Gasteiger partial charge on any atom is -0.493 e. The van der Waals surface area contributed by atoms with E-state index in [2.05, 4.69) is 0 Å². The molecule has 31 heavy (non-hydrogen) atoms. The third-order valence-electron chi connectivity index (χ3n) is 5.50. The second-order valence-electron chi connectivity index (χ2n) is 7.20. The highest BCUT2D eigenvalue weighted by molar-refractivity contribution is 6.31. The summed E-state index contributed by atoms with van der Waals surface area (Å²) in [6.45, 7) is 0.327. The van der Waals surface area contributed by atoms with E-state index in [-0.39, 0.29) is 5.56 Å². The molecule has 1 aliphatic heterocycles. The van der Waals surface area contributed by atoms with E-state index in [1.165, 1.54) is 13.2 Å². The van der Waals surface area contributed by atoms with E-state index in [1.54, 1.807) is 24.1 Å². The fraction of sp³-hybridized carbons (Fsp3) is 0.208. The number of nitrogens with zero attached hydrogens (tertiary/aromatic N) is 1. The number of carbonyl (C=O) groups is 1. The highest BCUT2D eigenvalue weighted by atomic mass is 35.5. The van der Waals surface area contributed by atoms with Crippen molar-refractivity contribution in [3.63, 3.8) is 0 Å². The van der Waals surface area contributed by atoms with Crippen LogP contribution < -0.4 is 9.47 Å². The quantitative estimate of drug-likeness (QED) is 0.540. The molecule has 0 saturated carbocycles. The van der Waals surface area contributed by atoms with Gasteiger partial charge in [0.15, 0.2) is 11.5 Å². The van der Waals surface area contributed by atoms with Gasteiger partial charge in [-0.05, 0) is 53.4 Å². The fourth-order valence-corrected chi connectivity index (χ4v) is 4.25. The Morgan fingerprint density at radius 3 is 2.39 bits per heavy atom. The Hall–Kier alpha value is -3.12. The smallest absolute Gasteiger partial charge is 0.257 e. The van der Waals surface area contributed by atoms with Crippen molar-refractivity contribution in [2.24, 2.45) is 0 Å². The summed E-state index contributed by atoms with van der Waals surface area (Å²) < 4.78 is 38.7. The molecular formula is C24H20ClF2NO3. The number of benzene rings is 3. The summed E-state index contributed by atoms with van der Waals surface area (Å²) in [4.78, 5) is 14.9. The first-order valence-electron chi connectivity index (χ1n) is 9.69. The predicted molar refractivity (Wildman–Crippen MR) is 114 cm³/mol. The van der Waals surface area contributed by atoms with Gasteiger partial charge in [-0.15, -0.1) is 0 Å². The lowest BCUT2D eigenvalue weighted by Crippen LogP contribution is -2.41. The molecule has 0 aromatic heterocycles. The Morgan fingerprint density at radius 2 is 1.71 bits per heavy atom. The summed E-state index contributed by atoms with van der Waals surface area (Å²) in [6.07, 6.45) is 0.533. The SMILES string of the molecule is COc1cc2c(cc1OC)[C@@H](c1ccccc1Cl)N(C(=O)c1ccc(F)cc1F)CC2. The molecule has 1 atom stereocenters. The predicted octanol–water partition coefficient (Wildman–Crippen LogP) is 5.42. The van der Waals surface area contributed by atoms with Gasteiger partial charge in [0.1, 0.15) is 11.6 Å². The normalized spacial score (nSPS) is 15.4. The lowest BCUT2D eigenvalue weighted by molar-refractivity contribution is 0.0689. The van der Waals surface area contributed by atoms with Gasteiger partial charge in [-0.1, -0.05) is 29.8 Å². The molecule has 0 unspecified atom stereocenters. The Bertz CT molecular complexity index is 1150. The molecule has 0 spiro atoms. The number of carbonyl (C=O) groups excluding carboxylic acids is 1. The van der Waals surface area contributed by atoms with Crippen LogP contribution in [-0.4, -0.2) is 31.6 Å². The highest BCUT2D eigenvalue weighted by Crippen LogP contribution is 2.43. The number of halogens is 3. The summed E-state index contributed by atoms with van der Waals surface area (Å²) in [5.41, 5.74) is 2.30. The molecule has 0 aliphatic carbocycles. The first-order chi connectivity index (χ1) is 14.9. The maximum atomic E-state index is 14.4. The monoisotopic (exact) mass is 443 g/mol. The molecule has 3 aromatic carbocycles. The summed E-state index contributed by atoms with van der Waals surface area (Å²) in [6, 6.07) is 13.3. The summed E-state index contributed by atoms with van der Waals surface area (Å²) in [5.74, 6) is -1.08. The van der Waals surface area contributed by atoms with Crippen molar-refractivity contribution in [2.75, 3.05) is 20.8 Å². The number of methoxy groups -OCH3 is 2. The van der Waals surface area contributed by atoms with E-state index in [4.69, 9.17) is 21.1 Å². The van der Waals surface area contributed by atoms with E-state index in [0.29, 0.717) is 41.1 Å². The largest absolute Gasteiger partial charge is 0.493 e. The van der Waals surface area contributed by atoms with Crippen molar-refractivity contribution in [1.29, 1.82) is 0 Å². The maximum Gasteiger partial charge on any atom is 0.257 e. The minimum atomic E-state index is -0.902. The van der Waals surface area contributed by atoms with Crippen LogP contribution >= 0.6 is 11.6 Å². The minimum absolute atomic E-state index is 0.192. The third kappa shape index (κ3) is 3.83. The number of rotatable bonds is 4. The molecule has 0 saturated heterocycles. The number of fused-ring (bicyclic) bond motifs is 1. The molecule has 4 rings (SSSR count). The van der Waals surface area contributed by atoms with Crippen molar-refractivity contribution in [3.05, 3.63) is 93.5 Å². The molecule has 1 aliphatic rings.